The van der Waals surface area contributed by atoms with E-state index in [-0.39, 0.29) is 0 Å². The lowest BCUT2D eigenvalue weighted by molar-refractivity contribution is 0.199. The summed E-state index contributed by atoms with van der Waals surface area (Å²) in [7, 11) is 1.72. The van der Waals surface area contributed by atoms with E-state index < -0.39 is 0 Å². The second-order valence-corrected chi connectivity index (χ2v) is 4.33. The Morgan fingerprint density at radius 3 is 2.87 bits per heavy atom. The first-order valence-electron chi connectivity index (χ1n) is 5.11. The second-order valence-electron chi connectivity index (χ2n) is 3.48. The van der Waals surface area contributed by atoms with Crippen molar-refractivity contribution in [3.05, 3.63) is 29.3 Å². The van der Waals surface area contributed by atoms with Gasteiger partial charge >= 0.3 is 0 Å². The maximum atomic E-state index is 4.99. The average molecular weight is 225 g/mol. The van der Waals surface area contributed by atoms with Gasteiger partial charge in [0, 0.05) is 25.1 Å². The third kappa shape index (κ3) is 4.24. The fourth-order valence-electron chi connectivity index (χ4n) is 1.44. The standard InChI is InChI=1S/C12H19NOS/c1-10-4-5-12(15-3)11(8-10)9-13-6-7-14-2/h4-5,8,13H,6-7,9H2,1-3H3. The summed E-state index contributed by atoms with van der Waals surface area (Å²) in [5, 5.41) is 3.37. The summed E-state index contributed by atoms with van der Waals surface area (Å²) >= 11 is 1.80. The summed E-state index contributed by atoms with van der Waals surface area (Å²) in [5.74, 6) is 0. The highest BCUT2D eigenvalue weighted by Crippen LogP contribution is 2.21. The highest BCUT2D eigenvalue weighted by atomic mass is 32.2. The van der Waals surface area contributed by atoms with Gasteiger partial charge in [0.15, 0.2) is 0 Å². The number of benzene rings is 1. The van der Waals surface area contributed by atoms with Crippen molar-refractivity contribution in [3.8, 4) is 0 Å². The molecule has 1 aromatic carbocycles. The maximum absolute atomic E-state index is 4.99. The first-order valence-corrected chi connectivity index (χ1v) is 6.33. The van der Waals surface area contributed by atoms with Crippen LogP contribution in [0.5, 0.6) is 0 Å². The second kappa shape index (κ2) is 6.88. The van der Waals surface area contributed by atoms with E-state index in [9.17, 15) is 0 Å². The van der Waals surface area contributed by atoms with Gasteiger partial charge < -0.3 is 10.1 Å². The number of aryl methyl sites for hydroxylation is 1. The molecule has 84 valence electrons. The van der Waals surface area contributed by atoms with E-state index in [0.29, 0.717) is 0 Å². The molecule has 0 aliphatic heterocycles. The van der Waals surface area contributed by atoms with Gasteiger partial charge in [0.25, 0.3) is 0 Å². The van der Waals surface area contributed by atoms with Crippen molar-refractivity contribution in [1.29, 1.82) is 0 Å². The zero-order chi connectivity index (χ0) is 11.1. The van der Waals surface area contributed by atoms with Gasteiger partial charge in [0.1, 0.15) is 0 Å². The van der Waals surface area contributed by atoms with Gasteiger partial charge in [-0.05, 0) is 24.8 Å². The van der Waals surface area contributed by atoms with Crippen LogP contribution in [0.2, 0.25) is 0 Å². The highest BCUT2D eigenvalue weighted by Gasteiger charge is 2.00. The van der Waals surface area contributed by atoms with Gasteiger partial charge in [-0.1, -0.05) is 17.7 Å². The normalized spacial score (nSPS) is 10.6. The molecule has 0 fully saturated rings. The molecule has 1 N–H and O–H groups in total. The lowest BCUT2D eigenvalue weighted by Gasteiger charge is -2.09. The summed E-state index contributed by atoms with van der Waals surface area (Å²) in [6.45, 7) is 4.71. The minimum atomic E-state index is 0.764. The van der Waals surface area contributed by atoms with Crippen molar-refractivity contribution in [2.45, 2.75) is 18.4 Å². The summed E-state index contributed by atoms with van der Waals surface area (Å²) in [6, 6.07) is 6.59. The minimum absolute atomic E-state index is 0.764. The van der Waals surface area contributed by atoms with Gasteiger partial charge in [0.05, 0.1) is 6.61 Å². The molecule has 0 heterocycles. The van der Waals surface area contributed by atoms with Crippen molar-refractivity contribution in [2.75, 3.05) is 26.5 Å². The topological polar surface area (TPSA) is 21.3 Å². The lowest BCUT2D eigenvalue weighted by Crippen LogP contribution is -2.18. The van der Waals surface area contributed by atoms with Gasteiger partial charge in [0.2, 0.25) is 0 Å². The van der Waals surface area contributed by atoms with Crippen molar-refractivity contribution < 1.29 is 4.74 Å². The summed E-state index contributed by atoms with van der Waals surface area (Å²) in [4.78, 5) is 1.35. The van der Waals surface area contributed by atoms with E-state index in [2.05, 4.69) is 36.7 Å². The molecule has 0 atom stereocenters. The van der Waals surface area contributed by atoms with Crippen LogP contribution in [0, 0.1) is 6.92 Å². The number of ether oxygens (including phenoxy) is 1. The zero-order valence-corrected chi connectivity index (χ0v) is 10.5. The summed E-state index contributed by atoms with van der Waals surface area (Å²) in [5.41, 5.74) is 2.69. The molecule has 0 aliphatic carbocycles. The molecule has 1 rings (SSSR count). The van der Waals surface area contributed by atoms with E-state index in [1.165, 1.54) is 16.0 Å². The Labute approximate surface area is 96.4 Å². The van der Waals surface area contributed by atoms with Crippen LogP contribution in [0.1, 0.15) is 11.1 Å². The molecule has 2 nitrogen and oxygen atoms in total. The van der Waals surface area contributed by atoms with Crippen molar-refractivity contribution >= 4 is 11.8 Å². The molecule has 0 amide bonds. The van der Waals surface area contributed by atoms with E-state index in [4.69, 9.17) is 4.74 Å². The van der Waals surface area contributed by atoms with Crippen LogP contribution < -0.4 is 5.32 Å². The molecule has 0 aromatic heterocycles. The summed E-state index contributed by atoms with van der Waals surface area (Å²) in [6.07, 6.45) is 2.11. The molecule has 0 saturated carbocycles. The van der Waals surface area contributed by atoms with Crippen LogP contribution in [0.25, 0.3) is 0 Å². The van der Waals surface area contributed by atoms with E-state index >= 15 is 0 Å². The van der Waals surface area contributed by atoms with E-state index in [0.717, 1.165) is 19.7 Å². The Bertz CT molecular complexity index is 302. The number of hydrogen-bond acceptors (Lipinski definition) is 3. The molecule has 0 unspecified atom stereocenters. The van der Waals surface area contributed by atoms with Crippen LogP contribution in [-0.2, 0) is 11.3 Å². The smallest absolute Gasteiger partial charge is 0.0587 e. The molecule has 0 aliphatic rings. The van der Waals surface area contributed by atoms with Gasteiger partial charge in [-0.15, -0.1) is 11.8 Å². The van der Waals surface area contributed by atoms with Crippen molar-refractivity contribution in [2.24, 2.45) is 0 Å². The van der Waals surface area contributed by atoms with Crippen LogP contribution in [0.4, 0.5) is 0 Å². The fourth-order valence-corrected chi connectivity index (χ4v) is 2.04. The Balaban J connectivity index is 2.54. The molecular weight excluding hydrogens is 206 g/mol. The molecule has 15 heavy (non-hydrogen) atoms. The van der Waals surface area contributed by atoms with Crippen LogP contribution >= 0.6 is 11.8 Å². The number of hydrogen-bond donors (Lipinski definition) is 1. The maximum Gasteiger partial charge on any atom is 0.0587 e. The minimum Gasteiger partial charge on any atom is -0.383 e. The number of thioether (sulfide) groups is 1. The number of nitrogens with one attached hydrogen (secondary N) is 1. The Morgan fingerprint density at radius 2 is 2.20 bits per heavy atom. The third-order valence-corrected chi connectivity index (χ3v) is 3.07. The van der Waals surface area contributed by atoms with Gasteiger partial charge in [-0.3, -0.25) is 0 Å². The lowest BCUT2D eigenvalue weighted by atomic mass is 10.1. The van der Waals surface area contributed by atoms with Crippen LogP contribution in [-0.4, -0.2) is 26.5 Å². The predicted molar refractivity (Wildman–Crippen MR) is 66.5 cm³/mol. The third-order valence-electron chi connectivity index (χ3n) is 2.23. The first kappa shape index (κ1) is 12.6. The average Bonchev–Trinajstić information content (AvgIpc) is 2.25. The Hall–Kier alpha value is -0.510. The monoisotopic (exact) mass is 225 g/mol. The Kier molecular flexibility index (Phi) is 5.76. The van der Waals surface area contributed by atoms with E-state index in [1.54, 1.807) is 18.9 Å². The van der Waals surface area contributed by atoms with Gasteiger partial charge in [-0.25, -0.2) is 0 Å². The molecule has 0 bridgehead atoms. The van der Waals surface area contributed by atoms with Crippen LogP contribution in [0.15, 0.2) is 23.1 Å². The molecule has 1 aromatic rings. The van der Waals surface area contributed by atoms with E-state index in [1.807, 2.05) is 0 Å². The first-order chi connectivity index (χ1) is 7.27. The number of rotatable bonds is 6. The van der Waals surface area contributed by atoms with Crippen molar-refractivity contribution in [3.63, 3.8) is 0 Å². The van der Waals surface area contributed by atoms with Gasteiger partial charge in [-0.2, -0.15) is 0 Å². The number of methoxy groups -OCH3 is 1. The molecule has 0 spiro atoms. The van der Waals surface area contributed by atoms with Crippen molar-refractivity contribution in [1.82, 2.24) is 5.32 Å². The predicted octanol–water partition coefficient (Wildman–Crippen LogP) is 2.45. The summed E-state index contributed by atoms with van der Waals surface area (Å²) < 4.78 is 4.99. The molecule has 0 radical (unpaired) electrons. The quantitative estimate of drug-likeness (QED) is 0.593. The Morgan fingerprint density at radius 1 is 1.40 bits per heavy atom. The SMILES string of the molecule is COCCNCc1cc(C)ccc1SC. The zero-order valence-electron chi connectivity index (χ0n) is 9.67. The fraction of sp³-hybridized carbons (Fsp3) is 0.500. The molecule has 0 saturated heterocycles. The van der Waals surface area contributed by atoms with Crippen LogP contribution in [0.3, 0.4) is 0 Å². The molecular formula is C12H19NOS. The highest BCUT2D eigenvalue weighted by molar-refractivity contribution is 7.98. The largest absolute Gasteiger partial charge is 0.383 e. The molecule has 3 heteroatoms.